The summed E-state index contributed by atoms with van der Waals surface area (Å²) in [5, 5.41) is 9.22. The number of phenolic OH excluding ortho intramolecular Hbond substituents is 1. The number of aromatic hydroxyl groups is 1. The second kappa shape index (κ2) is 8.06. The normalized spacial score (nSPS) is 11.0. The fourth-order valence-electron chi connectivity index (χ4n) is 1.66. The second-order valence-corrected chi connectivity index (χ2v) is 4.08. The molecule has 0 aliphatic carbocycles. The summed E-state index contributed by atoms with van der Waals surface area (Å²) in [5.74, 6) is 0.305. The summed E-state index contributed by atoms with van der Waals surface area (Å²) in [6.45, 7) is 4.17. The molecule has 0 aliphatic rings. The molecule has 0 atom stereocenters. The van der Waals surface area contributed by atoms with Crippen molar-refractivity contribution in [3.05, 3.63) is 29.8 Å². The molecule has 0 fully saturated rings. The van der Waals surface area contributed by atoms with Crippen LogP contribution in [0.3, 0.4) is 0 Å². The summed E-state index contributed by atoms with van der Waals surface area (Å²) in [5.41, 5.74) is 6.72. The standard InChI is InChI=1S/C13H22N2O2/c1-17-10-9-15(8-2-7-14)11-12-3-5-13(16)6-4-12/h3-6,16H,2,7-11,14H2,1H3. The van der Waals surface area contributed by atoms with Crippen molar-refractivity contribution < 1.29 is 9.84 Å². The van der Waals surface area contributed by atoms with Gasteiger partial charge in [-0.3, -0.25) is 4.90 Å². The van der Waals surface area contributed by atoms with E-state index in [1.807, 2.05) is 12.1 Å². The predicted molar refractivity (Wildman–Crippen MR) is 68.9 cm³/mol. The lowest BCUT2D eigenvalue weighted by Gasteiger charge is -2.21. The van der Waals surface area contributed by atoms with Gasteiger partial charge in [0.2, 0.25) is 0 Å². The molecule has 17 heavy (non-hydrogen) atoms. The molecule has 0 spiro atoms. The molecule has 1 rings (SSSR count). The third kappa shape index (κ3) is 5.68. The topological polar surface area (TPSA) is 58.7 Å². The minimum absolute atomic E-state index is 0.305. The Morgan fingerprint density at radius 3 is 2.53 bits per heavy atom. The van der Waals surface area contributed by atoms with E-state index in [4.69, 9.17) is 10.5 Å². The molecule has 0 unspecified atom stereocenters. The molecule has 0 saturated carbocycles. The van der Waals surface area contributed by atoms with Crippen LogP contribution in [0.25, 0.3) is 0 Å². The fourth-order valence-corrected chi connectivity index (χ4v) is 1.66. The largest absolute Gasteiger partial charge is 0.508 e. The summed E-state index contributed by atoms with van der Waals surface area (Å²) >= 11 is 0. The van der Waals surface area contributed by atoms with Gasteiger partial charge in [-0.1, -0.05) is 12.1 Å². The monoisotopic (exact) mass is 238 g/mol. The zero-order valence-electron chi connectivity index (χ0n) is 10.4. The van der Waals surface area contributed by atoms with Crippen LogP contribution in [0.5, 0.6) is 5.75 Å². The molecule has 0 aliphatic heterocycles. The van der Waals surface area contributed by atoms with Crippen molar-refractivity contribution in [1.82, 2.24) is 4.90 Å². The average Bonchev–Trinajstić information content (AvgIpc) is 2.35. The highest BCUT2D eigenvalue weighted by Gasteiger charge is 2.05. The lowest BCUT2D eigenvalue weighted by Crippen LogP contribution is -2.29. The van der Waals surface area contributed by atoms with Crippen LogP contribution in [0.4, 0.5) is 0 Å². The van der Waals surface area contributed by atoms with Crippen LogP contribution in [0.1, 0.15) is 12.0 Å². The third-order valence-electron chi connectivity index (χ3n) is 2.63. The number of benzene rings is 1. The summed E-state index contributed by atoms with van der Waals surface area (Å²) in [6, 6.07) is 7.31. The van der Waals surface area contributed by atoms with E-state index in [-0.39, 0.29) is 0 Å². The van der Waals surface area contributed by atoms with Gasteiger partial charge in [0, 0.05) is 20.2 Å². The molecule has 1 aromatic carbocycles. The van der Waals surface area contributed by atoms with Crippen molar-refractivity contribution in [3.8, 4) is 5.75 Å². The van der Waals surface area contributed by atoms with E-state index in [1.54, 1.807) is 19.2 Å². The number of nitrogens with two attached hydrogens (primary N) is 1. The van der Waals surface area contributed by atoms with Gasteiger partial charge in [-0.15, -0.1) is 0 Å². The minimum atomic E-state index is 0.305. The van der Waals surface area contributed by atoms with Gasteiger partial charge in [0.1, 0.15) is 5.75 Å². The maximum Gasteiger partial charge on any atom is 0.115 e. The van der Waals surface area contributed by atoms with Crippen LogP contribution in [-0.4, -0.2) is 43.4 Å². The van der Waals surface area contributed by atoms with E-state index in [9.17, 15) is 5.11 Å². The highest BCUT2D eigenvalue weighted by molar-refractivity contribution is 5.25. The van der Waals surface area contributed by atoms with Gasteiger partial charge in [-0.05, 0) is 37.2 Å². The summed E-state index contributed by atoms with van der Waals surface area (Å²) < 4.78 is 5.10. The van der Waals surface area contributed by atoms with Crippen LogP contribution in [0, 0.1) is 0 Å². The van der Waals surface area contributed by atoms with Crippen molar-refractivity contribution >= 4 is 0 Å². The molecule has 4 nitrogen and oxygen atoms in total. The van der Waals surface area contributed by atoms with Crippen molar-refractivity contribution in [1.29, 1.82) is 0 Å². The maximum absolute atomic E-state index is 9.22. The summed E-state index contributed by atoms with van der Waals surface area (Å²) in [7, 11) is 1.71. The third-order valence-corrected chi connectivity index (χ3v) is 2.63. The van der Waals surface area contributed by atoms with Crippen LogP contribution in [-0.2, 0) is 11.3 Å². The first-order chi connectivity index (χ1) is 8.26. The number of hydrogen-bond donors (Lipinski definition) is 2. The molecular formula is C13H22N2O2. The van der Waals surface area contributed by atoms with Crippen molar-refractivity contribution in [2.45, 2.75) is 13.0 Å². The summed E-state index contributed by atoms with van der Waals surface area (Å²) in [6.07, 6.45) is 0.988. The SMILES string of the molecule is COCCN(CCCN)Cc1ccc(O)cc1. The van der Waals surface area contributed by atoms with Crippen LogP contribution in [0.2, 0.25) is 0 Å². The van der Waals surface area contributed by atoms with E-state index < -0.39 is 0 Å². The second-order valence-electron chi connectivity index (χ2n) is 4.08. The Labute approximate surface area is 103 Å². The van der Waals surface area contributed by atoms with Gasteiger partial charge < -0.3 is 15.6 Å². The zero-order chi connectivity index (χ0) is 12.5. The molecular weight excluding hydrogens is 216 g/mol. The molecule has 96 valence electrons. The highest BCUT2D eigenvalue weighted by Crippen LogP contribution is 2.11. The van der Waals surface area contributed by atoms with Gasteiger partial charge >= 0.3 is 0 Å². The van der Waals surface area contributed by atoms with Crippen LogP contribution >= 0.6 is 0 Å². The molecule has 1 aromatic rings. The first-order valence-electron chi connectivity index (χ1n) is 5.95. The number of phenols is 1. The maximum atomic E-state index is 9.22. The Morgan fingerprint density at radius 1 is 1.24 bits per heavy atom. The Hall–Kier alpha value is -1.10. The molecule has 0 saturated heterocycles. The molecule has 0 heterocycles. The molecule has 4 heteroatoms. The fraction of sp³-hybridized carbons (Fsp3) is 0.538. The average molecular weight is 238 g/mol. The minimum Gasteiger partial charge on any atom is -0.508 e. The number of hydrogen-bond acceptors (Lipinski definition) is 4. The lowest BCUT2D eigenvalue weighted by atomic mass is 10.2. The van der Waals surface area contributed by atoms with E-state index in [1.165, 1.54) is 5.56 Å². The van der Waals surface area contributed by atoms with Crippen molar-refractivity contribution in [3.63, 3.8) is 0 Å². The van der Waals surface area contributed by atoms with Gasteiger partial charge in [0.25, 0.3) is 0 Å². The Morgan fingerprint density at radius 2 is 1.94 bits per heavy atom. The first-order valence-corrected chi connectivity index (χ1v) is 5.95. The predicted octanol–water partition coefficient (Wildman–Crippen LogP) is 1.19. The van der Waals surface area contributed by atoms with Gasteiger partial charge in [0.15, 0.2) is 0 Å². The van der Waals surface area contributed by atoms with Gasteiger partial charge in [-0.25, -0.2) is 0 Å². The van der Waals surface area contributed by atoms with Crippen LogP contribution in [0.15, 0.2) is 24.3 Å². The molecule has 0 radical (unpaired) electrons. The van der Waals surface area contributed by atoms with E-state index in [2.05, 4.69) is 4.90 Å². The van der Waals surface area contributed by atoms with E-state index in [0.717, 1.165) is 32.7 Å². The van der Waals surface area contributed by atoms with E-state index >= 15 is 0 Å². The first kappa shape index (κ1) is 14.0. The quantitative estimate of drug-likeness (QED) is 0.714. The number of ether oxygens (including phenoxy) is 1. The summed E-state index contributed by atoms with van der Waals surface area (Å²) in [4.78, 5) is 2.31. The van der Waals surface area contributed by atoms with Crippen LogP contribution < -0.4 is 5.73 Å². The van der Waals surface area contributed by atoms with Crippen molar-refractivity contribution in [2.24, 2.45) is 5.73 Å². The Kier molecular flexibility index (Phi) is 6.62. The molecule has 3 N–H and O–H groups in total. The molecule has 0 bridgehead atoms. The smallest absolute Gasteiger partial charge is 0.115 e. The highest BCUT2D eigenvalue weighted by atomic mass is 16.5. The number of methoxy groups -OCH3 is 1. The number of rotatable bonds is 8. The van der Waals surface area contributed by atoms with E-state index in [0.29, 0.717) is 12.3 Å². The molecule has 0 amide bonds. The van der Waals surface area contributed by atoms with Gasteiger partial charge in [-0.2, -0.15) is 0 Å². The zero-order valence-corrected chi connectivity index (χ0v) is 10.4. The Bertz CT molecular complexity index is 293. The lowest BCUT2D eigenvalue weighted by molar-refractivity contribution is 0.143. The number of nitrogens with zero attached hydrogens (tertiary/aromatic N) is 1. The van der Waals surface area contributed by atoms with Crippen molar-refractivity contribution in [2.75, 3.05) is 33.4 Å². The Balaban J connectivity index is 2.48. The molecule has 0 aromatic heterocycles. The van der Waals surface area contributed by atoms with Gasteiger partial charge in [0.05, 0.1) is 6.61 Å².